The van der Waals surface area contributed by atoms with Crippen LogP contribution in [0.2, 0.25) is 0 Å². The van der Waals surface area contributed by atoms with Crippen LogP contribution in [0, 0.1) is 6.92 Å². The summed E-state index contributed by atoms with van der Waals surface area (Å²) in [5, 5.41) is 6.09. The zero-order valence-electron chi connectivity index (χ0n) is 14.6. The van der Waals surface area contributed by atoms with Crippen molar-refractivity contribution in [2.75, 3.05) is 19.6 Å². The molecule has 1 saturated heterocycles. The first-order valence-corrected chi connectivity index (χ1v) is 10.1. The predicted molar refractivity (Wildman–Crippen MR) is 97.5 cm³/mol. The molecule has 0 saturated carbocycles. The zero-order chi connectivity index (χ0) is 18.6. The summed E-state index contributed by atoms with van der Waals surface area (Å²) in [4.78, 5) is 12.4. The van der Waals surface area contributed by atoms with Gasteiger partial charge in [0, 0.05) is 31.1 Å². The maximum atomic E-state index is 12.5. The van der Waals surface area contributed by atoms with E-state index < -0.39 is 10.0 Å². The molecule has 7 nitrogen and oxygen atoms in total. The van der Waals surface area contributed by atoms with E-state index >= 15 is 0 Å². The Bertz CT molecular complexity index is 870. The second-order valence-electron chi connectivity index (χ2n) is 6.35. The van der Waals surface area contributed by atoms with Gasteiger partial charge >= 0.3 is 0 Å². The van der Waals surface area contributed by atoms with Crippen LogP contribution in [0.3, 0.4) is 0 Å². The second-order valence-corrected chi connectivity index (χ2v) is 8.12. The van der Waals surface area contributed by atoms with Crippen molar-refractivity contribution in [2.24, 2.45) is 0 Å². The molecule has 1 aromatic carbocycles. The number of furan rings is 1. The van der Waals surface area contributed by atoms with Gasteiger partial charge < -0.3 is 15.1 Å². The molecule has 140 valence electrons. The molecule has 1 fully saturated rings. The third-order valence-electron chi connectivity index (χ3n) is 4.26. The smallest absolute Gasteiger partial charge is 0.251 e. The van der Waals surface area contributed by atoms with Crippen LogP contribution < -0.4 is 15.4 Å². The van der Waals surface area contributed by atoms with Crippen molar-refractivity contribution in [1.29, 1.82) is 0 Å². The Morgan fingerprint density at radius 2 is 2.15 bits per heavy atom. The average molecular weight is 377 g/mol. The Hall–Kier alpha value is -2.16. The van der Waals surface area contributed by atoms with Gasteiger partial charge in [-0.3, -0.25) is 4.79 Å². The van der Waals surface area contributed by atoms with Gasteiger partial charge in [-0.25, -0.2) is 13.1 Å². The molecular weight excluding hydrogens is 354 g/mol. The van der Waals surface area contributed by atoms with Gasteiger partial charge in [-0.1, -0.05) is 6.07 Å². The lowest BCUT2D eigenvalue weighted by molar-refractivity contribution is 0.0940. The Morgan fingerprint density at radius 3 is 2.85 bits per heavy atom. The van der Waals surface area contributed by atoms with Crippen molar-refractivity contribution in [3.63, 3.8) is 0 Å². The quantitative estimate of drug-likeness (QED) is 0.673. The molecule has 0 spiro atoms. The number of benzene rings is 1. The number of aryl methyl sites for hydroxylation is 1. The maximum absolute atomic E-state index is 12.5. The van der Waals surface area contributed by atoms with Crippen LogP contribution in [-0.4, -0.2) is 40.0 Å². The molecule has 1 amide bonds. The highest BCUT2D eigenvalue weighted by molar-refractivity contribution is 7.89. The van der Waals surface area contributed by atoms with Gasteiger partial charge in [-0.2, -0.15) is 0 Å². The Balaban J connectivity index is 1.62. The number of sulfonamides is 1. The summed E-state index contributed by atoms with van der Waals surface area (Å²) in [5.74, 6) is 1.25. The summed E-state index contributed by atoms with van der Waals surface area (Å²) in [5.41, 5.74) is 0.335. The van der Waals surface area contributed by atoms with Gasteiger partial charge in [0.15, 0.2) is 0 Å². The molecule has 0 bridgehead atoms. The molecule has 1 aliphatic rings. The van der Waals surface area contributed by atoms with Gasteiger partial charge in [0.2, 0.25) is 10.0 Å². The Morgan fingerprint density at radius 1 is 1.31 bits per heavy atom. The van der Waals surface area contributed by atoms with E-state index in [2.05, 4.69) is 15.4 Å². The molecule has 1 atom stereocenters. The van der Waals surface area contributed by atoms with E-state index in [4.69, 9.17) is 4.42 Å². The first-order chi connectivity index (χ1) is 12.4. The first kappa shape index (κ1) is 18.6. The molecule has 0 radical (unpaired) electrons. The van der Waals surface area contributed by atoms with Crippen molar-refractivity contribution in [3.05, 3.63) is 53.5 Å². The van der Waals surface area contributed by atoms with Crippen molar-refractivity contribution < 1.29 is 17.6 Å². The molecule has 1 aromatic heterocycles. The highest BCUT2D eigenvalue weighted by Gasteiger charge is 2.20. The number of carbonyl (C=O) groups is 1. The van der Waals surface area contributed by atoms with Gasteiger partial charge in [0.25, 0.3) is 5.91 Å². The molecule has 2 heterocycles. The minimum absolute atomic E-state index is 0.0744. The number of rotatable bonds is 7. The normalized spacial score (nSPS) is 17.3. The monoisotopic (exact) mass is 377 g/mol. The minimum atomic E-state index is -3.69. The molecule has 26 heavy (non-hydrogen) atoms. The van der Waals surface area contributed by atoms with E-state index in [0.29, 0.717) is 12.0 Å². The summed E-state index contributed by atoms with van der Waals surface area (Å²) in [6.07, 6.45) is 1.33. The fraction of sp³-hybridized carbons (Fsp3) is 0.389. The maximum Gasteiger partial charge on any atom is 0.251 e. The molecule has 3 rings (SSSR count). The van der Waals surface area contributed by atoms with E-state index in [0.717, 1.165) is 31.0 Å². The fourth-order valence-corrected chi connectivity index (χ4v) is 3.94. The Labute approximate surface area is 153 Å². The second kappa shape index (κ2) is 8.03. The number of nitrogens with one attached hydrogen (secondary N) is 3. The van der Waals surface area contributed by atoms with Crippen molar-refractivity contribution in [3.8, 4) is 0 Å². The third-order valence-corrected chi connectivity index (χ3v) is 5.72. The standard InChI is InChI=1S/C18H23N3O4S/c1-13-5-6-16(25-13)8-10-20-26(23,24)17-4-2-3-14(11-17)18(22)21-15-7-9-19-12-15/h2-6,11,15,19-20H,7-10,12H2,1H3,(H,21,22). The van der Waals surface area contributed by atoms with E-state index in [1.807, 2.05) is 19.1 Å². The van der Waals surface area contributed by atoms with Crippen molar-refractivity contribution in [1.82, 2.24) is 15.4 Å². The van der Waals surface area contributed by atoms with E-state index in [1.54, 1.807) is 12.1 Å². The van der Waals surface area contributed by atoms with E-state index in [-0.39, 0.29) is 23.4 Å². The zero-order valence-corrected chi connectivity index (χ0v) is 15.4. The number of hydrogen-bond donors (Lipinski definition) is 3. The van der Waals surface area contributed by atoms with Crippen LogP contribution in [0.4, 0.5) is 0 Å². The number of carbonyl (C=O) groups excluding carboxylic acids is 1. The van der Waals surface area contributed by atoms with Gasteiger partial charge in [0.05, 0.1) is 4.90 Å². The van der Waals surface area contributed by atoms with Crippen LogP contribution in [0.25, 0.3) is 0 Å². The third kappa shape index (κ3) is 4.72. The largest absolute Gasteiger partial charge is 0.466 e. The van der Waals surface area contributed by atoms with Crippen molar-refractivity contribution in [2.45, 2.75) is 30.7 Å². The lowest BCUT2D eigenvalue weighted by Gasteiger charge is -2.12. The average Bonchev–Trinajstić information content (AvgIpc) is 3.27. The Kier molecular flexibility index (Phi) is 5.75. The first-order valence-electron chi connectivity index (χ1n) is 8.61. The topological polar surface area (TPSA) is 100 Å². The van der Waals surface area contributed by atoms with Crippen molar-refractivity contribution >= 4 is 15.9 Å². The summed E-state index contributed by atoms with van der Waals surface area (Å²) in [6, 6.07) is 9.81. The van der Waals surface area contributed by atoms with Gasteiger partial charge in [-0.15, -0.1) is 0 Å². The van der Waals surface area contributed by atoms with E-state index in [9.17, 15) is 13.2 Å². The molecular formula is C18H23N3O4S. The lowest BCUT2D eigenvalue weighted by atomic mass is 10.2. The van der Waals surface area contributed by atoms with Crippen LogP contribution in [0.1, 0.15) is 28.3 Å². The highest BCUT2D eigenvalue weighted by atomic mass is 32.2. The molecule has 2 aromatic rings. The van der Waals surface area contributed by atoms with Crippen LogP contribution in [-0.2, 0) is 16.4 Å². The molecule has 1 unspecified atom stereocenters. The van der Waals surface area contributed by atoms with E-state index in [1.165, 1.54) is 12.1 Å². The molecule has 1 aliphatic heterocycles. The summed E-state index contributed by atoms with van der Waals surface area (Å²) in [7, 11) is -3.69. The molecule has 8 heteroatoms. The summed E-state index contributed by atoms with van der Waals surface area (Å²) >= 11 is 0. The van der Waals surface area contributed by atoms with Gasteiger partial charge in [0.1, 0.15) is 11.5 Å². The lowest BCUT2D eigenvalue weighted by Crippen LogP contribution is -2.36. The molecule has 0 aliphatic carbocycles. The van der Waals surface area contributed by atoms with Crippen LogP contribution in [0.5, 0.6) is 0 Å². The summed E-state index contributed by atoms with van der Waals surface area (Å²) < 4.78 is 32.9. The number of hydrogen-bond acceptors (Lipinski definition) is 5. The number of amides is 1. The van der Waals surface area contributed by atoms with Crippen LogP contribution in [0.15, 0.2) is 45.7 Å². The predicted octanol–water partition coefficient (Wildman–Crippen LogP) is 1.20. The molecule has 3 N–H and O–H groups in total. The summed E-state index contributed by atoms with van der Waals surface area (Å²) in [6.45, 7) is 3.67. The minimum Gasteiger partial charge on any atom is -0.466 e. The fourth-order valence-electron chi connectivity index (χ4n) is 2.86. The van der Waals surface area contributed by atoms with Crippen LogP contribution >= 0.6 is 0 Å². The SMILES string of the molecule is Cc1ccc(CCNS(=O)(=O)c2cccc(C(=O)NC3CCNC3)c2)o1. The highest BCUT2D eigenvalue weighted by Crippen LogP contribution is 2.13. The van der Waals surface area contributed by atoms with Gasteiger partial charge in [-0.05, 0) is 50.2 Å².